The second kappa shape index (κ2) is 6.16. The number of nitro benzene ring substituents is 1. The van der Waals surface area contributed by atoms with Crippen LogP contribution in [0.25, 0.3) is 0 Å². The quantitative estimate of drug-likeness (QED) is 0.669. The van der Waals surface area contributed by atoms with E-state index in [0.717, 1.165) is 11.1 Å². The van der Waals surface area contributed by atoms with Crippen molar-refractivity contribution in [1.82, 2.24) is 5.32 Å². The van der Waals surface area contributed by atoms with E-state index >= 15 is 0 Å². The number of aryl methyl sites for hydroxylation is 1. The largest absolute Gasteiger partial charge is 0.450 e. The lowest BCUT2D eigenvalue weighted by atomic mass is 10.2. The molecule has 0 radical (unpaired) electrons. The minimum Gasteiger partial charge on any atom is -0.450 e. The van der Waals surface area contributed by atoms with E-state index in [9.17, 15) is 10.1 Å². The fourth-order valence-corrected chi connectivity index (χ4v) is 1.91. The van der Waals surface area contributed by atoms with Crippen molar-refractivity contribution in [2.75, 3.05) is 7.05 Å². The molecule has 0 unspecified atom stereocenters. The number of nitro groups is 1. The number of hydrogen-bond donors (Lipinski definition) is 1. The summed E-state index contributed by atoms with van der Waals surface area (Å²) < 4.78 is 5.75. The minimum atomic E-state index is -0.435. The number of benzene rings is 2. The minimum absolute atomic E-state index is 0.0325. The first-order chi connectivity index (χ1) is 9.61. The molecule has 0 bridgehead atoms. The van der Waals surface area contributed by atoms with E-state index in [2.05, 4.69) is 5.32 Å². The van der Waals surface area contributed by atoms with Gasteiger partial charge in [-0.05, 0) is 31.7 Å². The van der Waals surface area contributed by atoms with Crippen molar-refractivity contribution >= 4 is 5.69 Å². The van der Waals surface area contributed by atoms with E-state index in [0.29, 0.717) is 12.3 Å². The normalized spacial score (nSPS) is 10.3. The fourth-order valence-electron chi connectivity index (χ4n) is 1.91. The van der Waals surface area contributed by atoms with Crippen LogP contribution in [0.3, 0.4) is 0 Å². The summed E-state index contributed by atoms with van der Waals surface area (Å²) in [5, 5.41) is 14.1. The Morgan fingerprint density at radius 2 is 1.95 bits per heavy atom. The Hall–Kier alpha value is -2.40. The first-order valence-electron chi connectivity index (χ1n) is 6.27. The number of nitrogens with one attached hydrogen (secondary N) is 1. The third kappa shape index (κ3) is 3.13. The molecular formula is C15H16N2O3. The van der Waals surface area contributed by atoms with Crippen LogP contribution in [0.2, 0.25) is 0 Å². The third-order valence-electron chi connectivity index (χ3n) is 2.87. The van der Waals surface area contributed by atoms with Crippen molar-refractivity contribution in [3.8, 4) is 11.5 Å². The maximum atomic E-state index is 11.0. The van der Waals surface area contributed by atoms with Gasteiger partial charge in [0.1, 0.15) is 5.75 Å². The van der Waals surface area contributed by atoms with Crippen LogP contribution >= 0.6 is 0 Å². The van der Waals surface area contributed by atoms with Gasteiger partial charge in [-0.25, -0.2) is 0 Å². The highest BCUT2D eigenvalue weighted by molar-refractivity contribution is 5.51. The summed E-state index contributed by atoms with van der Waals surface area (Å²) in [4.78, 5) is 10.6. The maximum Gasteiger partial charge on any atom is 0.311 e. The van der Waals surface area contributed by atoms with Crippen LogP contribution in [0.4, 0.5) is 5.69 Å². The monoisotopic (exact) mass is 272 g/mol. The molecule has 2 aromatic carbocycles. The van der Waals surface area contributed by atoms with E-state index in [1.165, 1.54) is 6.07 Å². The van der Waals surface area contributed by atoms with Crippen LogP contribution in [0.1, 0.15) is 11.1 Å². The molecule has 2 rings (SSSR count). The van der Waals surface area contributed by atoms with Gasteiger partial charge in [0.05, 0.1) is 4.92 Å². The first kappa shape index (κ1) is 14.0. The molecule has 5 heteroatoms. The molecule has 0 heterocycles. The standard InChI is InChI=1S/C15H16N2O3/c1-11-7-8-13(17(18)19)15(9-11)20-14-6-4-3-5-12(14)10-16-2/h3-9,16H,10H2,1-2H3. The number of rotatable bonds is 5. The van der Waals surface area contributed by atoms with Gasteiger partial charge in [-0.15, -0.1) is 0 Å². The zero-order valence-corrected chi connectivity index (χ0v) is 11.4. The van der Waals surface area contributed by atoms with Gasteiger partial charge in [0.25, 0.3) is 0 Å². The van der Waals surface area contributed by atoms with Crippen LogP contribution < -0.4 is 10.1 Å². The van der Waals surface area contributed by atoms with Crippen molar-refractivity contribution in [2.24, 2.45) is 0 Å². The number of hydrogen-bond acceptors (Lipinski definition) is 4. The van der Waals surface area contributed by atoms with Crippen molar-refractivity contribution in [1.29, 1.82) is 0 Å². The Kier molecular flexibility index (Phi) is 4.32. The second-order valence-corrected chi connectivity index (χ2v) is 4.47. The lowest BCUT2D eigenvalue weighted by molar-refractivity contribution is -0.385. The molecule has 0 fully saturated rings. The summed E-state index contributed by atoms with van der Waals surface area (Å²) >= 11 is 0. The summed E-state index contributed by atoms with van der Waals surface area (Å²) in [6, 6.07) is 12.3. The molecule has 5 nitrogen and oxygen atoms in total. The molecule has 2 aromatic rings. The average Bonchev–Trinajstić information content (AvgIpc) is 2.41. The lowest BCUT2D eigenvalue weighted by Gasteiger charge is -2.11. The molecule has 0 aliphatic rings. The van der Waals surface area contributed by atoms with Gasteiger partial charge in [0.15, 0.2) is 0 Å². The molecule has 0 saturated carbocycles. The van der Waals surface area contributed by atoms with Crippen molar-refractivity contribution in [2.45, 2.75) is 13.5 Å². The Labute approximate surface area is 117 Å². The van der Waals surface area contributed by atoms with Crippen LogP contribution in [-0.2, 0) is 6.54 Å². The molecule has 0 aliphatic heterocycles. The van der Waals surface area contributed by atoms with Gasteiger partial charge in [-0.2, -0.15) is 0 Å². The smallest absolute Gasteiger partial charge is 0.311 e. The predicted molar refractivity (Wildman–Crippen MR) is 77.1 cm³/mol. The molecular weight excluding hydrogens is 256 g/mol. The molecule has 0 amide bonds. The summed E-state index contributed by atoms with van der Waals surface area (Å²) in [6.07, 6.45) is 0. The Morgan fingerprint density at radius 3 is 2.65 bits per heavy atom. The number of para-hydroxylation sites is 1. The second-order valence-electron chi connectivity index (χ2n) is 4.47. The van der Waals surface area contributed by atoms with Crippen LogP contribution in [0, 0.1) is 17.0 Å². The lowest BCUT2D eigenvalue weighted by Crippen LogP contribution is -2.06. The fraction of sp³-hybridized carbons (Fsp3) is 0.200. The van der Waals surface area contributed by atoms with Gasteiger partial charge in [0, 0.05) is 18.2 Å². The molecule has 104 valence electrons. The number of ether oxygens (including phenoxy) is 1. The summed E-state index contributed by atoms with van der Waals surface area (Å²) in [5.41, 5.74) is 1.83. The molecule has 0 spiro atoms. The van der Waals surface area contributed by atoms with Gasteiger partial charge in [-0.3, -0.25) is 10.1 Å². The first-order valence-corrected chi connectivity index (χ1v) is 6.27. The summed E-state index contributed by atoms with van der Waals surface area (Å²) in [6.45, 7) is 2.51. The highest BCUT2D eigenvalue weighted by Crippen LogP contribution is 2.33. The Bertz CT molecular complexity index is 626. The summed E-state index contributed by atoms with van der Waals surface area (Å²) in [7, 11) is 1.84. The highest BCUT2D eigenvalue weighted by Gasteiger charge is 2.16. The SMILES string of the molecule is CNCc1ccccc1Oc1cc(C)ccc1[N+](=O)[O-]. The van der Waals surface area contributed by atoms with Crippen LogP contribution in [-0.4, -0.2) is 12.0 Å². The van der Waals surface area contributed by atoms with Gasteiger partial charge in [0.2, 0.25) is 5.75 Å². The van der Waals surface area contributed by atoms with Crippen LogP contribution in [0.5, 0.6) is 11.5 Å². The highest BCUT2D eigenvalue weighted by atomic mass is 16.6. The predicted octanol–water partition coefficient (Wildman–Crippen LogP) is 3.41. The molecule has 0 aliphatic carbocycles. The van der Waals surface area contributed by atoms with E-state index < -0.39 is 4.92 Å². The van der Waals surface area contributed by atoms with E-state index in [4.69, 9.17) is 4.74 Å². The zero-order chi connectivity index (χ0) is 14.5. The molecule has 20 heavy (non-hydrogen) atoms. The molecule has 0 aromatic heterocycles. The maximum absolute atomic E-state index is 11.0. The summed E-state index contributed by atoms with van der Waals surface area (Å²) in [5.74, 6) is 0.883. The van der Waals surface area contributed by atoms with Gasteiger partial charge in [-0.1, -0.05) is 24.3 Å². The van der Waals surface area contributed by atoms with Gasteiger partial charge < -0.3 is 10.1 Å². The topological polar surface area (TPSA) is 64.4 Å². The Balaban J connectivity index is 2.39. The van der Waals surface area contributed by atoms with E-state index in [1.54, 1.807) is 18.2 Å². The Morgan fingerprint density at radius 1 is 1.20 bits per heavy atom. The van der Waals surface area contributed by atoms with E-state index in [1.807, 2.05) is 32.2 Å². The third-order valence-corrected chi connectivity index (χ3v) is 2.87. The van der Waals surface area contributed by atoms with Crippen molar-refractivity contribution < 1.29 is 9.66 Å². The van der Waals surface area contributed by atoms with Crippen molar-refractivity contribution in [3.63, 3.8) is 0 Å². The van der Waals surface area contributed by atoms with Crippen LogP contribution in [0.15, 0.2) is 42.5 Å². The molecule has 1 N–H and O–H groups in total. The van der Waals surface area contributed by atoms with Crippen molar-refractivity contribution in [3.05, 3.63) is 63.7 Å². The average molecular weight is 272 g/mol. The van der Waals surface area contributed by atoms with E-state index in [-0.39, 0.29) is 11.4 Å². The number of nitrogens with zero attached hydrogens (tertiary/aromatic N) is 1. The molecule has 0 atom stereocenters. The molecule has 0 saturated heterocycles. The van der Waals surface area contributed by atoms with Gasteiger partial charge >= 0.3 is 5.69 Å². The zero-order valence-electron chi connectivity index (χ0n) is 11.4.